The van der Waals surface area contributed by atoms with Crippen LogP contribution < -0.4 is 10.6 Å². The minimum atomic E-state index is -0.834. The second kappa shape index (κ2) is 12.4. The average molecular weight is 604 g/mol. The van der Waals surface area contributed by atoms with Crippen molar-refractivity contribution in [1.29, 1.82) is 0 Å². The van der Waals surface area contributed by atoms with E-state index in [0.717, 1.165) is 5.56 Å². The van der Waals surface area contributed by atoms with Gasteiger partial charge in [0.15, 0.2) is 11.5 Å². The number of amides is 1. The van der Waals surface area contributed by atoms with Crippen LogP contribution in [0.15, 0.2) is 59.3 Å². The van der Waals surface area contributed by atoms with E-state index in [9.17, 15) is 9.59 Å². The fourth-order valence-electron chi connectivity index (χ4n) is 6.10. The van der Waals surface area contributed by atoms with Gasteiger partial charge in [-0.15, -0.1) is 0 Å². The molecular weight excluding hydrogens is 572 g/mol. The molecule has 1 aromatic carbocycles. The number of piperazine rings is 1. The molecule has 3 aromatic heterocycles. The van der Waals surface area contributed by atoms with Gasteiger partial charge in [-0.1, -0.05) is 38.6 Å². The molecule has 4 radical (unpaired) electrons. The Hall–Kier alpha value is -4.60. The molecule has 226 valence electrons. The Morgan fingerprint density at radius 3 is 2.40 bits per heavy atom. The maximum atomic E-state index is 16.3. The molecule has 1 aliphatic rings. The van der Waals surface area contributed by atoms with Crippen molar-refractivity contribution >= 4 is 44.5 Å². The number of halogens is 2. The highest BCUT2D eigenvalue weighted by atomic mass is 19.1. The normalized spacial score (nSPS) is 16.7. The summed E-state index contributed by atoms with van der Waals surface area (Å²) in [6.07, 6.45) is 4.24. The Balaban J connectivity index is 1.88. The van der Waals surface area contributed by atoms with E-state index in [0.29, 0.717) is 24.5 Å². The lowest BCUT2D eigenvalue weighted by atomic mass is 9.77. The van der Waals surface area contributed by atoms with Crippen molar-refractivity contribution in [3.05, 3.63) is 93.5 Å². The van der Waals surface area contributed by atoms with Gasteiger partial charge in [-0.05, 0) is 62.1 Å². The smallest absolute Gasteiger partial charge is 0.347 e. The van der Waals surface area contributed by atoms with Crippen molar-refractivity contribution in [2.75, 3.05) is 18.0 Å². The Kier molecular flexibility index (Phi) is 8.78. The monoisotopic (exact) mass is 604 g/mol. The van der Waals surface area contributed by atoms with Crippen LogP contribution in [-0.2, 0) is 4.79 Å². The fourth-order valence-corrected chi connectivity index (χ4v) is 6.10. The number of benzene rings is 1. The van der Waals surface area contributed by atoms with Crippen molar-refractivity contribution in [2.24, 2.45) is 0 Å². The maximum Gasteiger partial charge on any atom is 0.355 e. The highest BCUT2D eigenvalue weighted by Gasteiger charge is 2.35. The molecule has 8 nitrogen and oxygen atoms in total. The Morgan fingerprint density at radius 1 is 1.09 bits per heavy atom. The lowest BCUT2D eigenvalue weighted by Gasteiger charge is -2.45. The number of hydrogen-bond donors (Lipinski definition) is 0. The van der Waals surface area contributed by atoms with Crippen LogP contribution in [0, 0.1) is 18.6 Å². The average Bonchev–Trinajstić information content (AvgIpc) is 2.97. The summed E-state index contributed by atoms with van der Waals surface area (Å²) < 4.78 is 33.0. The largest absolute Gasteiger partial charge is 0.355 e. The Morgan fingerprint density at radius 2 is 1.78 bits per heavy atom. The van der Waals surface area contributed by atoms with Crippen molar-refractivity contribution in [3.8, 4) is 16.9 Å². The number of rotatable bonds is 6. The van der Waals surface area contributed by atoms with E-state index in [4.69, 9.17) is 15.7 Å². The molecule has 1 fully saturated rings. The minimum Gasteiger partial charge on any atom is -0.347 e. The third-order valence-corrected chi connectivity index (χ3v) is 7.98. The van der Waals surface area contributed by atoms with Gasteiger partial charge >= 0.3 is 5.69 Å². The van der Waals surface area contributed by atoms with Crippen LogP contribution in [0.4, 0.5) is 14.6 Å². The summed E-state index contributed by atoms with van der Waals surface area (Å²) in [6.45, 7) is 13.8. The van der Waals surface area contributed by atoms with Crippen LogP contribution in [0.5, 0.6) is 0 Å². The second-order valence-corrected chi connectivity index (χ2v) is 11.7. The van der Waals surface area contributed by atoms with E-state index in [1.165, 1.54) is 34.9 Å². The highest BCUT2D eigenvalue weighted by Crippen LogP contribution is 2.36. The summed E-state index contributed by atoms with van der Waals surface area (Å²) in [4.78, 5) is 43.9. The quantitative estimate of drug-likeness (QED) is 0.233. The van der Waals surface area contributed by atoms with Crippen LogP contribution >= 0.6 is 0 Å². The molecular formula is C33H32B2F2N6O2. The first kappa shape index (κ1) is 31.8. The van der Waals surface area contributed by atoms with E-state index < -0.39 is 17.3 Å². The predicted molar refractivity (Wildman–Crippen MR) is 175 cm³/mol. The molecule has 0 unspecified atom stereocenters. The van der Waals surface area contributed by atoms with Crippen LogP contribution in [-0.4, -0.2) is 71.2 Å². The van der Waals surface area contributed by atoms with E-state index in [1.807, 2.05) is 39.5 Å². The standard InChI is InChI=1S/C33H32B2F2N6O2/c1-7-26(44)41-15-19(5)42(20(6)16-41)32-22-14-24(37)29(27-21(13-25(34)35)9-8-10-23(27)36)39-31(22)43(33(45)40-32)30-18(4)11-12-38-28(30)17(2)3/h7-14,17,19-20H,1,15-16H2,2-6H3/t19-,20-/m0/s1. The lowest BCUT2D eigenvalue weighted by molar-refractivity contribution is -0.127. The van der Waals surface area contributed by atoms with E-state index in [-0.39, 0.29) is 63.0 Å². The van der Waals surface area contributed by atoms with E-state index in [1.54, 1.807) is 23.2 Å². The minimum absolute atomic E-state index is 0.0716. The first-order valence-electron chi connectivity index (χ1n) is 14.6. The zero-order valence-corrected chi connectivity index (χ0v) is 25.9. The van der Waals surface area contributed by atoms with Gasteiger partial charge in [0.2, 0.25) is 5.91 Å². The number of anilines is 1. The Bertz CT molecular complexity index is 1910. The van der Waals surface area contributed by atoms with Crippen LogP contribution in [0.3, 0.4) is 0 Å². The fraction of sp³-hybridized carbons (Fsp3) is 0.303. The molecule has 0 aliphatic carbocycles. The van der Waals surface area contributed by atoms with Crippen LogP contribution in [0.25, 0.3) is 34.1 Å². The number of nitrogens with zero attached hydrogens (tertiary/aromatic N) is 6. The first-order valence-corrected chi connectivity index (χ1v) is 14.6. The van der Waals surface area contributed by atoms with Gasteiger partial charge < -0.3 is 9.80 Å². The molecule has 4 aromatic rings. The summed E-state index contributed by atoms with van der Waals surface area (Å²) in [5, 5.41) is 0.138. The van der Waals surface area contributed by atoms with Gasteiger partial charge in [-0.3, -0.25) is 9.78 Å². The number of pyridine rings is 2. The third-order valence-electron chi connectivity index (χ3n) is 7.98. The highest BCUT2D eigenvalue weighted by molar-refractivity contribution is 6.50. The number of carbonyl (C=O) groups excluding carboxylic acids is 1. The molecule has 2 atom stereocenters. The molecule has 1 aliphatic heterocycles. The second-order valence-electron chi connectivity index (χ2n) is 11.7. The van der Waals surface area contributed by atoms with Gasteiger partial charge in [0.1, 0.15) is 17.3 Å². The molecule has 45 heavy (non-hydrogen) atoms. The van der Waals surface area contributed by atoms with Gasteiger partial charge in [-0.2, -0.15) is 10.4 Å². The molecule has 0 saturated carbocycles. The van der Waals surface area contributed by atoms with Gasteiger partial charge in [0.05, 0.1) is 32.5 Å². The molecule has 1 amide bonds. The summed E-state index contributed by atoms with van der Waals surface area (Å²) in [7, 11) is 11.4. The number of carbonyl (C=O) groups is 1. The Labute approximate surface area is 263 Å². The molecule has 5 rings (SSSR count). The summed E-state index contributed by atoms with van der Waals surface area (Å²) in [5.41, 5.74) is 0.948. The summed E-state index contributed by atoms with van der Waals surface area (Å²) in [5.74, 6) is -1.67. The maximum absolute atomic E-state index is 16.3. The van der Waals surface area contributed by atoms with Crippen LogP contribution in [0.2, 0.25) is 0 Å². The molecule has 12 heteroatoms. The van der Waals surface area contributed by atoms with Crippen molar-refractivity contribution < 1.29 is 13.6 Å². The van der Waals surface area contributed by atoms with Crippen molar-refractivity contribution in [1.82, 2.24) is 24.4 Å². The van der Waals surface area contributed by atoms with Gasteiger partial charge in [0.25, 0.3) is 0 Å². The number of hydrogen-bond acceptors (Lipinski definition) is 6. The molecule has 0 spiro atoms. The molecule has 4 heterocycles. The van der Waals surface area contributed by atoms with Gasteiger partial charge in [0, 0.05) is 36.9 Å². The SMILES string of the molecule is [B]C([B])=Cc1cccc(F)c1-c1nc2c(cc1F)c(N1[C@@H](C)CN(C(=O)C=C)C[C@@H]1C)nc(=O)n2-c1c(C)ccnc1C(C)C. The van der Waals surface area contributed by atoms with E-state index in [2.05, 4.69) is 21.5 Å². The zero-order chi connectivity index (χ0) is 32.7. The number of aromatic nitrogens is 4. The predicted octanol–water partition coefficient (Wildman–Crippen LogP) is 4.80. The number of fused-ring (bicyclic) bond motifs is 1. The van der Waals surface area contributed by atoms with Crippen molar-refractivity contribution in [3.63, 3.8) is 0 Å². The van der Waals surface area contributed by atoms with E-state index >= 15 is 8.78 Å². The molecule has 0 bridgehead atoms. The topological polar surface area (TPSA) is 84.2 Å². The first-order chi connectivity index (χ1) is 21.3. The summed E-state index contributed by atoms with van der Waals surface area (Å²) in [6, 6.07) is 6.58. The zero-order valence-electron chi connectivity index (χ0n) is 25.9. The lowest BCUT2D eigenvalue weighted by Crippen LogP contribution is -2.58. The summed E-state index contributed by atoms with van der Waals surface area (Å²) >= 11 is 0. The van der Waals surface area contributed by atoms with Crippen LogP contribution in [0.1, 0.15) is 50.4 Å². The third kappa shape index (κ3) is 5.81. The van der Waals surface area contributed by atoms with Gasteiger partial charge in [-0.25, -0.2) is 23.1 Å². The number of aryl methyl sites for hydroxylation is 1. The van der Waals surface area contributed by atoms with Crippen molar-refractivity contribution in [2.45, 2.75) is 52.6 Å². The molecule has 1 saturated heterocycles. The molecule has 0 N–H and O–H groups in total.